The van der Waals surface area contributed by atoms with E-state index in [1.807, 2.05) is 6.07 Å². The molecule has 0 fully saturated rings. The molecule has 2 aromatic rings. The van der Waals surface area contributed by atoms with E-state index in [4.69, 9.17) is 21.1 Å². The van der Waals surface area contributed by atoms with Gasteiger partial charge in [0.25, 0.3) is 5.69 Å². The van der Waals surface area contributed by atoms with Crippen LogP contribution in [0, 0.1) is 17.0 Å². The number of hydrogen-bond donors (Lipinski definition) is 0. The molecule has 0 N–H and O–H groups in total. The predicted octanol–water partition coefficient (Wildman–Crippen LogP) is 3.32. The van der Waals surface area contributed by atoms with Crippen molar-refractivity contribution in [3.63, 3.8) is 0 Å². The Hall–Kier alpha value is -2.36. The largest absolute Gasteiger partial charge is 0.493 e. The molecule has 0 radical (unpaired) electrons. The quantitative estimate of drug-likeness (QED) is 0.537. The van der Waals surface area contributed by atoms with Crippen molar-refractivity contribution >= 4 is 27.3 Å². The van der Waals surface area contributed by atoms with Crippen LogP contribution in [0.2, 0.25) is 5.02 Å². The molecule has 28 heavy (non-hydrogen) atoms. The molecular weight excluding hydrogens is 408 g/mol. The molecule has 150 valence electrons. The topological polar surface area (TPSA) is 99.0 Å². The number of rotatable bonds is 5. The lowest BCUT2D eigenvalue weighted by atomic mass is 10.0. The number of nitro benzene ring substituents is 1. The summed E-state index contributed by atoms with van der Waals surface area (Å²) in [5.74, 6) is 1.09. The van der Waals surface area contributed by atoms with E-state index in [1.165, 1.54) is 31.5 Å². The van der Waals surface area contributed by atoms with E-state index >= 15 is 0 Å². The van der Waals surface area contributed by atoms with Crippen LogP contribution in [-0.4, -0.2) is 38.4 Å². The van der Waals surface area contributed by atoms with Gasteiger partial charge in [-0.15, -0.1) is 0 Å². The molecule has 0 saturated carbocycles. The average Bonchev–Trinajstić information content (AvgIpc) is 2.67. The SMILES string of the molecule is COc1cc2c(cc1OC)CN(S(=O)(=O)c1cc(Cl)c(C)c([N+](=O)[O-])c1)CC2. The Labute approximate surface area is 167 Å². The van der Waals surface area contributed by atoms with Gasteiger partial charge < -0.3 is 9.47 Å². The molecule has 0 bridgehead atoms. The third-order valence-electron chi connectivity index (χ3n) is 4.81. The Morgan fingerprint density at radius 1 is 1.11 bits per heavy atom. The predicted molar refractivity (Wildman–Crippen MR) is 104 cm³/mol. The van der Waals surface area contributed by atoms with Crippen LogP contribution in [0.25, 0.3) is 0 Å². The van der Waals surface area contributed by atoms with Crippen LogP contribution in [0.15, 0.2) is 29.2 Å². The molecule has 0 spiro atoms. The summed E-state index contributed by atoms with van der Waals surface area (Å²) >= 11 is 6.04. The van der Waals surface area contributed by atoms with Crippen molar-refractivity contribution in [2.45, 2.75) is 24.8 Å². The van der Waals surface area contributed by atoms with Gasteiger partial charge in [0.15, 0.2) is 11.5 Å². The molecule has 0 aliphatic carbocycles. The minimum Gasteiger partial charge on any atom is -0.493 e. The second-order valence-electron chi connectivity index (χ2n) is 6.37. The number of hydrogen-bond acceptors (Lipinski definition) is 6. The molecule has 10 heteroatoms. The van der Waals surface area contributed by atoms with E-state index < -0.39 is 14.9 Å². The first-order valence-electron chi connectivity index (χ1n) is 8.37. The maximum Gasteiger partial charge on any atom is 0.275 e. The molecule has 1 aliphatic rings. The van der Waals surface area contributed by atoms with Crippen molar-refractivity contribution in [3.8, 4) is 11.5 Å². The van der Waals surface area contributed by atoms with Gasteiger partial charge in [0, 0.05) is 24.7 Å². The first kappa shape index (κ1) is 20.4. The Morgan fingerprint density at radius 3 is 2.29 bits per heavy atom. The minimum absolute atomic E-state index is 0.0385. The van der Waals surface area contributed by atoms with E-state index in [2.05, 4.69) is 0 Å². The zero-order chi connectivity index (χ0) is 20.6. The van der Waals surface area contributed by atoms with E-state index in [0.29, 0.717) is 17.9 Å². The Bertz CT molecular complexity index is 1050. The van der Waals surface area contributed by atoms with Gasteiger partial charge in [0.05, 0.1) is 29.1 Å². The van der Waals surface area contributed by atoms with Crippen LogP contribution in [0.4, 0.5) is 5.69 Å². The molecule has 8 nitrogen and oxygen atoms in total. The van der Waals surface area contributed by atoms with E-state index in [-0.39, 0.29) is 34.3 Å². The molecule has 1 heterocycles. The second kappa shape index (κ2) is 7.57. The summed E-state index contributed by atoms with van der Waals surface area (Å²) in [5.41, 5.74) is 1.67. The molecule has 0 atom stereocenters. The highest BCUT2D eigenvalue weighted by molar-refractivity contribution is 7.89. The zero-order valence-corrected chi connectivity index (χ0v) is 17.1. The Kier molecular flexibility index (Phi) is 5.51. The van der Waals surface area contributed by atoms with Gasteiger partial charge in [-0.1, -0.05) is 11.6 Å². The van der Waals surface area contributed by atoms with Crippen LogP contribution in [-0.2, 0) is 23.0 Å². The number of halogens is 1. The number of benzene rings is 2. The van der Waals surface area contributed by atoms with E-state index in [9.17, 15) is 18.5 Å². The standard InChI is InChI=1S/C18H19ClN2O6S/c1-11-15(19)8-14(9-16(11)21(22)23)28(24,25)20-5-4-12-6-17(26-2)18(27-3)7-13(12)10-20/h6-9H,4-5,10H2,1-3H3. The third-order valence-corrected chi connectivity index (χ3v) is 7.02. The highest BCUT2D eigenvalue weighted by Crippen LogP contribution is 2.36. The number of fused-ring (bicyclic) bond motifs is 1. The van der Waals surface area contributed by atoms with Gasteiger partial charge >= 0.3 is 0 Å². The summed E-state index contributed by atoms with van der Waals surface area (Å²) in [7, 11) is -0.914. The van der Waals surface area contributed by atoms with Crippen molar-refractivity contribution in [1.82, 2.24) is 4.31 Å². The Morgan fingerprint density at radius 2 is 1.71 bits per heavy atom. The molecular formula is C18H19ClN2O6S. The summed E-state index contributed by atoms with van der Waals surface area (Å²) < 4.78 is 38.1. The van der Waals surface area contributed by atoms with E-state index in [0.717, 1.165) is 17.2 Å². The summed E-state index contributed by atoms with van der Waals surface area (Å²) in [6.45, 7) is 1.84. The first-order chi connectivity index (χ1) is 13.2. The van der Waals surface area contributed by atoms with Crippen LogP contribution in [0.5, 0.6) is 11.5 Å². The molecule has 0 unspecified atom stereocenters. The fraction of sp³-hybridized carbons (Fsp3) is 0.333. The number of sulfonamides is 1. The average molecular weight is 427 g/mol. The first-order valence-corrected chi connectivity index (χ1v) is 10.2. The highest BCUT2D eigenvalue weighted by Gasteiger charge is 2.31. The normalized spacial score (nSPS) is 14.4. The second-order valence-corrected chi connectivity index (χ2v) is 8.72. The zero-order valence-electron chi connectivity index (χ0n) is 15.6. The molecule has 2 aromatic carbocycles. The maximum atomic E-state index is 13.1. The summed E-state index contributed by atoms with van der Waals surface area (Å²) in [6.07, 6.45) is 0.483. The highest BCUT2D eigenvalue weighted by atomic mass is 35.5. The summed E-state index contributed by atoms with van der Waals surface area (Å²) in [6, 6.07) is 5.90. The van der Waals surface area contributed by atoms with Crippen molar-refractivity contribution in [3.05, 3.63) is 56.1 Å². The van der Waals surface area contributed by atoms with Crippen LogP contribution in [0.3, 0.4) is 0 Å². The van der Waals surface area contributed by atoms with Crippen molar-refractivity contribution < 1.29 is 22.8 Å². The van der Waals surface area contributed by atoms with Gasteiger partial charge in [-0.3, -0.25) is 10.1 Å². The van der Waals surface area contributed by atoms with Gasteiger partial charge in [0.1, 0.15) is 0 Å². The maximum absolute atomic E-state index is 13.1. The fourth-order valence-electron chi connectivity index (χ4n) is 3.19. The Balaban J connectivity index is 2.00. The van der Waals surface area contributed by atoms with E-state index in [1.54, 1.807) is 6.07 Å². The lowest BCUT2D eigenvalue weighted by Gasteiger charge is -2.29. The number of nitro groups is 1. The fourth-order valence-corrected chi connectivity index (χ4v) is 4.94. The van der Waals surface area contributed by atoms with Gasteiger partial charge in [0.2, 0.25) is 10.0 Å². The monoisotopic (exact) mass is 426 g/mol. The summed E-state index contributed by atoms with van der Waals surface area (Å²) in [5, 5.41) is 11.3. The molecule has 0 aromatic heterocycles. The van der Waals surface area contributed by atoms with Crippen molar-refractivity contribution in [2.75, 3.05) is 20.8 Å². The number of methoxy groups -OCH3 is 2. The van der Waals surface area contributed by atoms with Crippen LogP contribution >= 0.6 is 11.6 Å². The number of ether oxygens (including phenoxy) is 2. The summed E-state index contributed by atoms with van der Waals surface area (Å²) in [4.78, 5) is 10.4. The van der Waals surface area contributed by atoms with Gasteiger partial charge in [-0.25, -0.2) is 8.42 Å². The molecule has 0 amide bonds. The molecule has 1 aliphatic heterocycles. The molecule has 0 saturated heterocycles. The van der Waals surface area contributed by atoms with Crippen LogP contribution < -0.4 is 9.47 Å². The van der Waals surface area contributed by atoms with Crippen molar-refractivity contribution in [1.29, 1.82) is 0 Å². The van der Waals surface area contributed by atoms with Gasteiger partial charge in [-0.05, 0) is 42.7 Å². The smallest absolute Gasteiger partial charge is 0.275 e. The van der Waals surface area contributed by atoms with Crippen molar-refractivity contribution in [2.24, 2.45) is 0 Å². The lowest BCUT2D eigenvalue weighted by Crippen LogP contribution is -2.36. The molecule has 3 rings (SSSR count). The lowest BCUT2D eigenvalue weighted by molar-refractivity contribution is -0.385. The van der Waals surface area contributed by atoms with Gasteiger partial charge in [-0.2, -0.15) is 4.31 Å². The number of nitrogens with zero attached hydrogens (tertiary/aromatic N) is 2. The third kappa shape index (κ3) is 3.52. The van der Waals surface area contributed by atoms with Crippen LogP contribution in [0.1, 0.15) is 16.7 Å². The minimum atomic E-state index is -3.96.